The molecule has 14 heavy (non-hydrogen) atoms. The van der Waals surface area contributed by atoms with Crippen molar-refractivity contribution in [1.29, 1.82) is 0 Å². The SMILES string of the molecule is Cc1ccc2ccccc2c1[SH](=O)=O. The van der Waals surface area contributed by atoms with Crippen LogP contribution in [0.1, 0.15) is 5.56 Å². The maximum Gasteiger partial charge on any atom is 0.169 e. The van der Waals surface area contributed by atoms with Crippen LogP contribution in [0.15, 0.2) is 41.3 Å². The van der Waals surface area contributed by atoms with E-state index < -0.39 is 10.7 Å². The molecule has 0 saturated carbocycles. The van der Waals surface area contributed by atoms with Crippen LogP contribution in [0.4, 0.5) is 0 Å². The Labute approximate surface area is 84.1 Å². The van der Waals surface area contributed by atoms with E-state index in [0.717, 1.165) is 16.3 Å². The molecule has 0 unspecified atom stereocenters. The van der Waals surface area contributed by atoms with Crippen molar-refractivity contribution in [2.75, 3.05) is 0 Å². The second-order valence-electron chi connectivity index (χ2n) is 3.21. The summed E-state index contributed by atoms with van der Waals surface area (Å²) in [5.74, 6) is 0. The highest BCUT2D eigenvalue weighted by Crippen LogP contribution is 2.22. The van der Waals surface area contributed by atoms with Gasteiger partial charge in [0.1, 0.15) is 0 Å². The van der Waals surface area contributed by atoms with Crippen LogP contribution in [0.5, 0.6) is 0 Å². The predicted octanol–water partition coefficient (Wildman–Crippen LogP) is 2.12. The summed E-state index contributed by atoms with van der Waals surface area (Å²) in [4.78, 5) is 0.443. The Morgan fingerprint density at radius 2 is 1.71 bits per heavy atom. The Morgan fingerprint density at radius 3 is 2.43 bits per heavy atom. The Bertz CT molecular complexity index is 548. The van der Waals surface area contributed by atoms with E-state index >= 15 is 0 Å². The number of benzene rings is 2. The lowest BCUT2D eigenvalue weighted by Gasteiger charge is -2.03. The zero-order valence-corrected chi connectivity index (χ0v) is 8.62. The van der Waals surface area contributed by atoms with Gasteiger partial charge in [0.25, 0.3) is 0 Å². The number of hydrogen-bond donors (Lipinski definition) is 1. The van der Waals surface area contributed by atoms with Gasteiger partial charge in [-0.1, -0.05) is 36.4 Å². The van der Waals surface area contributed by atoms with Crippen LogP contribution in [-0.4, -0.2) is 8.42 Å². The molecular weight excluding hydrogens is 196 g/mol. The van der Waals surface area contributed by atoms with E-state index in [4.69, 9.17) is 0 Å². The van der Waals surface area contributed by atoms with Gasteiger partial charge in [0.05, 0.1) is 4.90 Å². The van der Waals surface area contributed by atoms with Crippen molar-refractivity contribution in [2.24, 2.45) is 0 Å². The summed E-state index contributed by atoms with van der Waals surface area (Å²) in [7, 11) is -2.52. The van der Waals surface area contributed by atoms with Crippen LogP contribution in [0.2, 0.25) is 0 Å². The molecule has 0 aliphatic rings. The number of aryl methyl sites for hydroxylation is 1. The molecule has 72 valence electrons. The maximum absolute atomic E-state index is 11.1. The summed E-state index contributed by atoms with van der Waals surface area (Å²) in [6, 6.07) is 11.3. The van der Waals surface area contributed by atoms with Crippen molar-refractivity contribution in [3.05, 3.63) is 42.0 Å². The average molecular weight is 206 g/mol. The molecule has 0 aliphatic carbocycles. The molecular formula is C11H10O2S. The second kappa shape index (κ2) is 3.42. The molecule has 0 saturated heterocycles. The van der Waals surface area contributed by atoms with Gasteiger partial charge < -0.3 is 0 Å². The molecule has 3 heteroatoms. The van der Waals surface area contributed by atoms with E-state index in [1.54, 1.807) is 0 Å². The first-order valence-corrected chi connectivity index (χ1v) is 5.50. The Morgan fingerprint density at radius 1 is 1.00 bits per heavy atom. The number of hydrogen-bond acceptors (Lipinski definition) is 2. The minimum absolute atomic E-state index is 0.443. The second-order valence-corrected chi connectivity index (χ2v) is 4.17. The highest BCUT2D eigenvalue weighted by Gasteiger charge is 2.05. The molecule has 0 radical (unpaired) electrons. The summed E-state index contributed by atoms with van der Waals surface area (Å²) >= 11 is 0. The van der Waals surface area contributed by atoms with E-state index in [2.05, 4.69) is 0 Å². The van der Waals surface area contributed by atoms with Gasteiger partial charge >= 0.3 is 0 Å². The molecule has 0 aromatic heterocycles. The molecule has 0 aliphatic heterocycles. The van der Waals surface area contributed by atoms with E-state index in [0.29, 0.717) is 4.90 Å². The van der Waals surface area contributed by atoms with Gasteiger partial charge in [-0.3, -0.25) is 0 Å². The van der Waals surface area contributed by atoms with Crippen LogP contribution in [0, 0.1) is 6.92 Å². The normalized spacial score (nSPS) is 11.0. The first-order valence-electron chi connectivity index (χ1n) is 4.33. The smallest absolute Gasteiger partial charge is 0.169 e. The van der Waals surface area contributed by atoms with Gasteiger partial charge in [0.15, 0.2) is 10.7 Å². The van der Waals surface area contributed by atoms with Gasteiger partial charge in [-0.25, -0.2) is 8.42 Å². The van der Waals surface area contributed by atoms with Crippen LogP contribution < -0.4 is 0 Å². The van der Waals surface area contributed by atoms with Crippen molar-refractivity contribution < 1.29 is 8.42 Å². The fraction of sp³-hybridized carbons (Fsp3) is 0.0909. The van der Waals surface area contributed by atoms with E-state index in [1.165, 1.54) is 0 Å². The summed E-state index contributed by atoms with van der Waals surface area (Å²) in [5, 5.41) is 1.77. The summed E-state index contributed by atoms with van der Waals surface area (Å²) in [6.07, 6.45) is 0. The lowest BCUT2D eigenvalue weighted by Crippen LogP contribution is -1.88. The highest BCUT2D eigenvalue weighted by molar-refractivity contribution is 7.72. The first kappa shape index (κ1) is 9.21. The van der Waals surface area contributed by atoms with E-state index in [-0.39, 0.29) is 0 Å². The van der Waals surface area contributed by atoms with Crippen molar-refractivity contribution >= 4 is 21.5 Å². The van der Waals surface area contributed by atoms with Gasteiger partial charge in [0.2, 0.25) is 0 Å². The Balaban J connectivity index is 2.97. The minimum Gasteiger partial charge on any atom is -0.227 e. The lowest BCUT2D eigenvalue weighted by molar-refractivity contribution is 0.615. The zero-order chi connectivity index (χ0) is 10.1. The molecule has 2 nitrogen and oxygen atoms in total. The highest BCUT2D eigenvalue weighted by atomic mass is 32.2. The Kier molecular flexibility index (Phi) is 2.25. The molecule has 0 spiro atoms. The average Bonchev–Trinajstić information content (AvgIpc) is 2.17. The van der Waals surface area contributed by atoms with Crippen LogP contribution in [0.3, 0.4) is 0 Å². The molecule has 0 atom stereocenters. The fourth-order valence-corrected chi connectivity index (χ4v) is 2.37. The topological polar surface area (TPSA) is 34.1 Å². The van der Waals surface area contributed by atoms with Gasteiger partial charge in [0, 0.05) is 5.39 Å². The van der Waals surface area contributed by atoms with Crippen molar-refractivity contribution in [2.45, 2.75) is 11.8 Å². The molecule has 2 aromatic carbocycles. The standard InChI is InChI=1S/C11H10O2S/c1-8-6-7-9-4-2-3-5-10(9)11(8)14(12)13/h2-7,14H,1H3. The number of rotatable bonds is 1. The largest absolute Gasteiger partial charge is 0.227 e. The van der Waals surface area contributed by atoms with Gasteiger partial charge in [-0.15, -0.1) is 0 Å². The van der Waals surface area contributed by atoms with Gasteiger partial charge in [-0.05, 0) is 17.9 Å². The van der Waals surface area contributed by atoms with Crippen molar-refractivity contribution in [3.63, 3.8) is 0 Å². The molecule has 0 amide bonds. The van der Waals surface area contributed by atoms with E-state index in [9.17, 15) is 8.42 Å². The zero-order valence-electron chi connectivity index (χ0n) is 7.73. The lowest BCUT2D eigenvalue weighted by atomic mass is 10.1. The number of fused-ring (bicyclic) bond motifs is 1. The molecule has 0 fully saturated rings. The molecule has 0 bridgehead atoms. The maximum atomic E-state index is 11.1. The minimum atomic E-state index is -2.52. The first-order chi connectivity index (χ1) is 6.70. The molecule has 2 aromatic rings. The van der Waals surface area contributed by atoms with Crippen LogP contribution >= 0.6 is 0 Å². The summed E-state index contributed by atoms with van der Waals surface area (Å²) in [6.45, 7) is 1.81. The molecule has 2 rings (SSSR count). The number of thiol groups is 1. The fourth-order valence-electron chi connectivity index (χ4n) is 1.61. The third-order valence-electron chi connectivity index (χ3n) is 2.28. The molecule has 0 heterocycles. The third-order valence-corrected chi connectivity index (χ3v) is 3.24. The predicted molar refractivity (Wildman–Crippen MR) is 57.3 cm³/mol. The van der Waals surface area contributed by atoms with Crippen LogP contribution in [0.25, 0.3) is 10.8 Å². The van der Waals surface area contributed by atoms with Crippen molar-refractivity contribution in [3.8, 4) is 0 Å². The summed E-state index contributed by atoms with van der Waals surface area (Å²) in [5.41, 5.74) is 0.805. The molecule has 0 N–H and O–H groups in total. The summed E-state index contributed by atoms with van der Waals surface area (Å²) < 4.78 is 22.1. The van der Waals surface area contributed by atoms with Crippen molar-refractivity contribution in [1.82, 2.24) is 0 Å². The van der Waals surface area contributed by atoms with E-state index in [1.807, 2.05) is 43.3 Å². The Hall–Kier alpha value is -1.35. The third kappa shape index (κ3) is 1.40. The van der Waals surface area contributed by atoms with Crippen LogP contribution in [-0.2, 0) is 10.7 Å². The quantitative estimate of drug-likeness (QED) is 0.725. The van der Waals surface area contributed by atoms with Gasteiger partial charge in [-0.2, -0.15) is 0 Å². The monoisotopic (exact) mass is 206 g/mol.